The molecule has 3 rings (SSSR count). The Labute approximate surface area is 156 Å². The first-order chi connectivity index (χ1) is 11.9. The van der Waals surface area contributed by atoms with Crippen molar-refractivity contribution in [3.8, 4) is 0 Å². The van der Waals surface area contributed by atoms with Gasteiger partial charge in [-0.2, -0.15) is 0 Å². The largest absolute Gasteiger partial charge is 0.300 e. The highest BCUT2D eigenvalue weighted by molar-refractivity contribution is 7.89. The highest BCUT2D eigenvalue weighted by atomic mass is 35.5. The van der Waals surface area contributed by atoms with Crippen molar-refractivity contribution in [2.75, 3.05) is 13.1 Å². The zero-order valence-electron chi connectivity index (χ0n) is 13.4. The number of halogens is 1. The Morgan fingerprint density at radius 2 is 1.69 bits per heavy atom. The zero-order chi connectivity index (χ0) is 18.0. The van der Waals surface area contributed by atoms with Crippen LogP contribution in [-0.2, 0) is 14.8 Å². The lowest BCUT2D eigenvalue weighted by atomic mass is 10.1. The van der Waals surface area contributed by atoms with Crippen LogP contribution in [0.4, 0.5) is 5.69 Å². The maximum Gasteiger partial charge on any atom is 0.289 e. The van der Waals surface area contributed by atoms with Crippen molar-refractivity contribution >= 4 is 34.0 Å². The summed E-state index contributed by atoms with van der Waals surface area (Å²) in [6, 6.07) is 12.9. The van der Waals surface area contributed by atoms with E-state index in [-0.39, 0.29) is 25.5 Å². The maximum absolute atomic E-state index is 12.9. The summed E-state index contributed by atoms with van der Waals surface area (Å²) >= 11 is 0. The molecule has 10 heteroatoms. The van der Waals surface area contributed by atoms with E-state index in [9.17, 15) is 23.3 Å². The Kier molecular flexibility index (Phi) is 5.96. The van der Waals surface area contributed by atoms with Crippen LogP contribution in [0.5, 0.6) is 0 Å². The summed E-state index contributed by atoms with van der Waals surface area (Å²) < 4.78 is 26.5. The maximum atomic E-state index is 12.9. The molecule has 1 atom stereocenters. The van der Waals surface area contributed by atoms with Gasteiger partial charge in [-0.1, -0.05) is 42.5 Å². The molecule has 1 amide bonds. The number of amides is 1. The number of carbonyl (C=O) groups excluding carboxylic acids is 1. The third-order valence-corrected chi connectivity index (χ3v) is 5.76. The van der Waals surface area contributed by atoms with Crippen molar-refractivity contribution in [2.45, 2.75) is 10.9 Å². The fraction of sp³-hybridized carbons (Fsp3) is 0.188. The van der Waals surface area contributed by atoms with Gasteiger partial charge >= 0.3 is 0 Å². The summed E-state index contributed by atoms with van der Waals surface area (Å²) in [5, 5.41) is 14.1. The molecule has 8 nitrogen and oxygen atoms in total. The number of rotatable bonds is 4. The van der Waals surface area contributed by atoms with Gasteiger partial charge in [-0.25, -0.2) is 12.7 Å². The fourth-order valence-electron chi connectivity index (χ4n) is 2.74. The van der Waals surface area contributed by atoms with Gasteiger partial charge in [0.05, 0.1) is 4.92 Å². The van der Waals surface area contributed by atoms with E-state index in [0.29, 0.717) is 9.87 Å². The molecule has 1 aliphatic rings. The quantitative estimate of drug-likeness (QED) is 0.623. The number of hydrogen-bond donors (Lipinski definition) is 1. The average Bonchev–Trinajstić information content (AvgIpc) is 2.62. The molecule has 1 aliphatic heterocycles. The second-order valence-electron chi connectivity index (χ2n) is 5.44. The molecule has 26 heavy (non-hydrogen) atoms. The number of para-hydroxylation sites is 1. The number of nitro groups is 1. The first-order valence-corrected chi connectivity index (χ1v) is 8.95. The van der Waals surface area contributed by atoms with Crippen molar-refractivity contribution in [3.05, 3.63) is 70.3 Å². The molecule has 1 saturated heterocycles. The van der Waals surface area contributed by atoms with Crippen molar-refractivity contribution in [3.63, 3.8) is 0 Å². The van der Waals surface area contributed by atoms with E-state index >= 15 is 0 Å². The molecule has 0 saturated carbocycles. The van der Waals surface area contributed by atoms with Crippen molar-refractivity contribution in [1.82, 2.24) is 9.62 Å². The van der Waals surface area contributed by atoms with E-state index in [4.69, 9.17) is 0 Å². The molecule has 0 bridgehead atoms. The minimum absolute atomic E-state index is 0. The number of sulfonamides is 1. The second kappa shape index (κ2) is 7.81. The van der Waals surface area contributed by atoms with E-state index in [1.54, 1.807) is 30.3 Å². The summed E-state index contributed by atoms with van der Waals surface area (Å²) in [5.74, 6) is -0.657. The standard InChI is InChI=1S/C16H15N3O5S.ClH/c20-16-15(12-6-2-1-3-7-12)17-10-11-18(16)25(23,24)14-9-5-4-8-13(14)19(21)22;/h1-9,15,17H,10-11H2;1H. The normalized spacial score (nSPS) is 17.5. The van der Waals surface area contributed by atoms with Gasteiger partial charge in [-0.05, 0) is 11.6 Å². The smallest absolute Gasteiger partial charge is 0.289 e. The van der Waals surface area contributed by atoms with Gasteiger partial charge in [0.15, 0.2) is 4.90 Å². The molecule has 2 aromatic rings. The van der Waals surface area contributed by atoms with Crippen LogP contribution in [-0.4, -0.2) is 36.6 Å². The van der Waals surface area contributed by atoms with Crippen LogP contribution in [0, 0.1) is 10.1 Å². The van der Waals surface area contributed by atoms with E-state index in [2.05, 4.69) is 5.32 Å². The van der Waals surface area contributed by atoms with Crippen molar-refractivity contribution in [2.24, 2.45) is 0 Å². The van der Waals surface area contributed by atoms with Gasteiger partial charge in [-0.3, -0.25) is 14.9 Å². The first kappa shape index (κ1) is 19.8. The number of nitrogens with zero attached hydrogens (tertiary/aromatic N) is 2. The summed E-state index contributed by atoms with van der Waals surface area (Å²) in [6.45, 7) is 0.168. The highest BCUT2D eigenvalue weighted by Crippen LogP contribution is 2.29. The molecular weight excluding hydrogens is 382 g/mol. The lowest BCUT2D eigenvalue weighted by molar-refractivity contribution is -0.387. The molecule has 0 aliphatic carbocycles. The monoisotopic (exact) mass is 397 g/mol. The van der Waals surface area contributed by atoms with Crippen molar-refractivity contribution in [1.29, 1.82) is 0 Å². The molecule has 1 N–H and O–H groups in total. The summed E-state index contributed by atoms with van der Waals surface area (Å²) in [5.41, 5.74) is 0.0834. The Hall–Kier alpha value is -2.49. The van der Waals surface area contributed by atoms with E-state index in [1.165, 1.54) is 12.1 Å². The summed E-state index contributed by atoms with van der Waals surface area (Å²) in [7, 11) is -4.33. The van der Waals surface area contributed by atoms with Gasteiger partial charge in [-0.15, -0.1) is 12.4 Å². The van der Waals surface area contributed by atoms with Gasteiger partial charge in [0, 0.05) is 19.2 Å². The Balaban J connectivity index is 0.00000243. The lowest BCUT2D eigenvalue weighted by Gasteiger charge is -2.32. The topological polar surface area (TPSA) is 110 Å². The third kappa shape index (κ3) is 3.55. The van der Waals surface area contributed by atoms with Gasteiger partial charge in [0.25, 0.3) is 21.6 Å². The van der Waals surface area contributed by atoms with Crippen LogP contribution in [0.1, 0.15) is 11.6 Å². The Morgan fingerprint density at radius 3 is 2.35 bits per heavy atom. The lowest BCUT2D eigenvalue weighted by Crippen LogP contribution is -2.52. The van der Waals surface area contributed by atoms with Crippen molar-refractivity contribution < 1.29 is 18.1 Å². The average molecular weight is 398 g/mol. The molecular formula is C16H16ClN3O5S. The molecule has 138 valence electrons. The molecule has 0 radical (unpaired) electrons. The van der Waals surface area contributed by atoms with Gasteiger partial charge < -0.3 is 5.32 Å². The minimum Gasteiger partial charge on any atom is -0.300 e. The number of nitrogens with one attached hydrogen (secondary N) is 1. The predicted molar refractivity (Wildman–Crippen MR) is 96.4 cm³/mol. The van der Waals surface area contributed by atoms with Gasteiger partial charge in [0.1, 0.15) is 6.04 Å². The van der Waals surface area contributed by atoms with E-state index in [0.717, 1.165) is 12.1 Å². The molecule has 0 spiro atoms. The predicted octanol–water partition coefficient (Wildman–Crippen LogP) is 1.88. The number of nitro benzene ring substituents is 1. The summed E-state index contributed by atoms with van der Waals surface area (Å²) in [6.07, 6.45) is 0. The van der Waals surface area contributed by atoms with Crippen LogP contribution >= 0.6 is 12.4 Å². The highest BCUT2D eigenvalue weighted by Gasteiger charge is 2.40. The van der Waals surface area contributed by atoms with Crippen LogP contribution < -0.4 is 5.32 Å². The Morgan fingerprint density at radius 1 is 1.08 bits per heavy atom. The zero-order valence-corrected chi connectivity index (χ0v) is 15.1. The fourth-order valence-corrected chi connectivity index (χ4v) is 4.31. The minimum atomic E-state index is -4.33. The number of hydrogen-bond acceptors (Lipinski definition) is 6. The first-order valence-electron chi connectivity index (χ1n) is 7.51. The van der Waals surface area contributed by atoms with Gasteiger partial charge in [0.2, 0.25) is 0 Å². The molecule has 1 fully saturated rings. The molecule has 0 aromatic heterocycles. The van der Waals surface area contributed by atoms with Crippen LogP contribution in [0.3, 0.4) is 0 Å². The third-order valence-electron chi connectivity index (χ3n) is 3.92. The number of benzene rings is 2. The van der Waals surface area contributed by atoms with E-state index in [1.807, 2.05) is 0 Å². The molecule has 1 unspecified atom stereocenters. The SMILES string of the molecule is Cl.O=C1C(c2ccccc2)NCCN1S(=O)(=O)c1ccccc1[N+](=O)[O-]. The molecule has 2 aromatic carbocycles. The van der Waals surface area contributed by atoms with Crippen LogP contribution in [0.25, 0.3) is 0 Å². The van der Waals surface area contributed by atoms with Crippen LogP contribution in [0.15, 0.2) is 59.5 Å². The second-order valence-corrected chi connectivity index (χ2v) is 7.27. The Bertz CT molecular complexity index is 920. The number of piperazine rings is 1. The molecule has 1 heterocycles. The summed E-state index contributed by atoms with van der Waals surface area (Å²) in [4.78, 5) is 22.6. The van der Waals surface area contributed by atoms with Crippen LogP contribution in [0.2, 0.25) is 0 Å². The van der Waals surface area contributed by atoms with E-state index < -0.39 is 37.5 Å². The number of carbonyl (C=O) groups is 1.